The standard InChI is InChI=1S/C8H4BrClF2N2/c9-1-6-4(2-13)7(10)5(3-14-6)8(11)12/h3,8H,1H2. The maximum absolute atomic E-state index is 12.3. The Kier molecular flexibility index (Phi) is 3.78. The Morgan fingerprint density at radius 2 is 2.29 bits per heavy atom. The molecule has 0 aromatic carbocycles. The van der Waals surface area contributed by atoms with Crippen LogP contribution in [-0.2, 0) is 5.33 Å². The highest BCUT2D eigenvalue weighted by Gasteiger charge is 2.18. The van der Waals surface area contributed by atoms with Crippen molar-refractivity contribution in [3.05, 3.63) is 28.0 Å². The predicted molar refractivity (Wildman–Crippen MR) is 51.6 cm³/mol. The number of alkyl halides is 3. The highest BCUT2D eigenvalue weighted by molar-refractivity contribution is 9.08. The highest BCUT2D eigenvalue weighted by Crippen LogP contribution is 2.30. The molecule has 2 nitrogen and oxygen atoms in total. The molecule has 0 aliphatic carbocycles. The van der Waals surface area contributed by atoms with Gasteiger partial charge in [-0.2, -0.15) is 5.26 Å². The van der Waals surface area contributed by atoms with Crippen molar-refractivity contribution in [1.82, 2.24) is 4.98 Å². The second-order valence-corrected chi connectivity index (χ2v) is 3.33. The molecule has 0 saturated carbocycles. The predicted octanol–water partition coefficient (Wildman–Crippen LogP) is 3.44. The van der Waals surface area contributed by atoms with Crippen LogP contribution in [0.15, 0.2) is 6.20 Å². The first-order chi connectivity index (χ1) is 6.61. The van der Waals surface area contributed by atoms with Gasteiger partial charge in [0.1, 0.15) is 6.07 Å². The molecule has 74 valence electrons. The molecule has 0 aliphatic rings. The summed E-state index contributed by atoms with van der Waals surface area (Å²) in [6.07, 6.45) is -1.73. The summed E-state index contributed by atoms with van der Waals surface area (Å²) in [6, 6.07) is 1.75. The highest BCUT2D eigenvalue weighted by atomic mass is 79.9. The molecule has 6 heteroatoms. The van der Waals surface area contributed by atoms with E-state index in [4.69, 9.17) is 16.9 Å². The number of nitrogens with zero attached hydrogens (tertiary/aromatic N) is 2. The lowest BCUT2D eigenvalue weighted by Crippen LogP contribution is -1.97. The molecule has 1 rings (SSSR count). The van der Waals surface area contributed by atoms with Gasteiger partial charge in [0.2, 0.25) is 0 Å². The molecule has 0 saturated heterocycles. The number of rotatable bonds is 2. The molecule has 1 heterocycles. The molecule has 0 unspecified atom stereocenters. The second kappa shape index (κ2) is 4.67. The topological polar surface area (TPSA) is 36.7 Å². The summed E-state index contributed by atoms with van der Waals surface area (Å²) >= 11 is 8.71. The van der Waals surface area contributed by atoms with Crippen molar-refractivity contribution in [1.29, 1.82) is 5.26 Å². The SMILES string of the molecule is N#Cc1c(CBr)ncc(C(F)F)c1Cl. The smallest absolute Gasteiger partial charge is 0.258 e. The molecular formula is C8H4BrClF2N2. The van der Waals surface area contributed by atoms with Gasteiger partial charge in [-0.15, -0.1) is 0 Å². The van der Waals surface area contributed by atoms with Gasteiger partial charge in [0.25, 0.3) is 6.43 Å². The van der Waals surface area contributed by atoms with Crippen molar-refractivity contribution in [2.75, 3.05) is 0 Å². The Hall–Kier alpha value is -0.730. The molecule has 0 atom stereocenters. The molecule has 0 amide bonds. The van der Waals surface area contributed by atoms with Gasteiger partial charge in [-0.25, -0.2) is 8.78 Å². The number of pyridine rings is 1. The van der Waals surface area contributed by atoms with Crippen LogP contribution >= 0.6 is 27.5 Å². The normalized spacial score (nSPS) is 10.3. The molecule has 0 N–H and O–H groups in total. The van der Waals surface area contributed by atoms with Crippen molar-refractivity contribution in [2.45, 2.75) is 11.8 Å². The average Bonchev–Trinajstić information content (AvgIpc) is 2.16. The molecule has 14 heavy (non-hydrogen) atoms. The van der Waals surface area contributed by atoms with Crippen LogP contribution in [-0.4, -0.2) is 4.98 Å². The van der Waals surface area contributed by atoms with E-state index >= 15 is 0 Å². The lowest BCUT2D eigenvalue weighted by molar-refractivity contribution is 0.151. The van der Waals surface area contributed by atoms with E-state index in [1.165, 1.54) is 0 Å². The molecule has 0 aliphatic heterocycles. The third-order valence-electron chi connectivity index (χ3n) is 1.59. The summed E-state index contributed by atoms with van der Waals surface area (Å²) in [5.41, 5.74) is -0.0452. The van der Waals surface area contributed by atoms with Crippen molar-refractivity contribution in [3.8, 4) is 6.07 Å². The van der Waals surface area contributed by atoms with Gasteiger partial charge in [-0.3, -0.25) is 4.98 Å². The van der Waals surface area contributed by atoms with Crippen LogP contribution in [0.3, 0.4) is 0 Å². The van der Waals surface area contributed by atoms with Gasteiger partial charge >= 0.3 is 0 Å². The Morgan fingerprint density at radius 3 is 2.71 bits per heavy atom. The maximum Gasteiger partial charge on any atom is 0.266 e. The first-order valence-corrected chi connectivity index (χ1v) is 5.03. The maximum atomic E-state index is 12.3. The van der Waals surface area contributed by atoms with Crippen LogP contribution in [0.1, 0.15) is 23.2 Å². The molecular weight excluding hydrogens is 277 g/mol. The van der Waals surface area contributed by atoms with Crippen LogP contribution in [0.2, 0.25) is 5.02 Å². The van der Waals surface area contributed by atoms with E-state index in [1.807, 2.05) is 0 Å². The summed E-state index contributed by atoms with van der Waals surface area (Å²) in [7, 11) is 0. The zero-order chi connectivity index (χ0) is 10.7. The zero-order valence-electron chi connectivity index (χ0n) is 6.77. The van der Waals surface area contributed by atoms with Crippen LogP contribution in [0.25, 0.3) is 0 Å². The minimum Gasteiger partial charge on any atom is -0.258 e. The van der Waals surface area contributed by atoms with Crippen LogP contribution in [0.4, 0.5) is 8.78 Å². The van der Waals surface area contributed by atoms with E-state index in [9.17, 15) is 8.78 Å². The number of hydrogen-bond donors (Lipinski definition) is 0. The van der Waals surface area contributed by atoms with E-state index in [1.54, 1.807) is 6.07 Å². The van der Waals surface area contributed by atoms with Crippen LogP contribution in [0.5, 0.6) is 0 Å². The lowest BCUT2D eigenvalue weighted by Gasteiger charge is -2.06. The van der Waals surface area contributed by atoms with Crippen molar-refractivity contribution in [2.24, 2.45) is 0 Å². The van der Waals surface area contributed by atoms with Crippen molar-refractivity contribution >= 4 is 27.5 Å². The third-order valence-corrected chi connectivity index (χ3v) is 2.53. The van der Waals surface area contributed by atoms with Gasteiger partial charge in [-0.1, -0.05) is 27.5 Å². The van der Waals surface area contributed by atoms with E-state index in [0.717, 1.165) is 6.20 Å². The van der Waals surface area contributed by atoms with Gasteiger partial charge in [0, 0.05) is 11.5 Å². The molecule has 0 fully saturated rings. The van der Waals surface area contributed by atoms with Gasteiger partial charge in [0.05, 0.1) is 21.8 Å². The lowest BCUT2D eigenvalue weighted by atomic mass is 10.1. The Labute approximate surface area is 92.6 Å². The average molecular weight is 281 g/mol. The van der Waals surface area contributed by atoms with Crippen LogP contribution in [0, 0.1) is 11.3 Å². The molecule has 1 aromatic rings. The monoisotopic (exact) mass is 280 g/mol. The molecule has 0 spiro atoms. The first kappa shape index (κ1) is 11.3. The summed E-state index contributed by atoms with van der Waals surface area (Å²) in [5, 5.41) is 8.79. The third kappa shape index (κ3) is 2.02. The van der Waals surface area contributed by atoms with Crippen molar-refractivity contribution in [3.63, 3.8) is 0 Å². The van der Waals surface area contributed by atoms with E-state index < -0.39 is 12.0 Å². The van der Waals surface area contributed by atoms with Gasteiger partial charge in [-0.05, 0) is 0 Å². The summed E-state index contributed by atoms with van der Waals surface area (Å²) in [6.45, 7) is 0. The largest absolute Gasteiger partial charge is 0.266 e. The number of hydrogen-bond acceptors (Lipinski definition) is 2. The van der Waals surface area contributed by atoms with Gasteiger partial charge < -0.3 is 0 Å². The number of aromatic nitrogens is 1. The fraction of sp³-hybridized carbons (Fsp3) is 0.250. The molecule has 0 radical (unpaired) electrons. The quantitative estimate of drug-likeness (QED) is 0.779. The van der Waals surface area contributed by atoms with Crippen molar-refractivity contribution < 1.29 is 8.78 Å². The fourth-order valence-electron chi connectivity index (χ4n) is 0.907. The molecule has 1 aromatic heterocycles. The number of halogens is 4. The summed E-state index contributed by atoms with van der Waals surface area (Å²) in [4.78, 5) is 3.72. The first-order valence-electron chi connectivity index (χ1n) is 3.53. The zero-order valence-corrected chi connectivity index (χ0v) is 9.11. The Bertz CT molecular complexity index is 390. The summed E-state index contributed by atoms with van der Waals surface area (Å²) in [5.74, 6) is 0. The fourth-order valence-corrected chi connectivity index (χ4v) is 1.61. The van der Waals surface area contributed by atoms with E-state index in [0.29, 0.717) is 11.0 Å². The summed E-state index contributed by atoms with van der Waals surface area (Å²) < 4.78 is 24.7. The van der Waals surface area contributed by atoms with E-state index in [-0.39, 0.29) is 10.6 Å². The minimum atomic E-state index is -2.72. The number of nitriles is 1. The molecule has 0 bridgehead atoms. The Morgan fingerprint density at radius 1 is 1.64 bits per heavy atom. The Balaban J connectivity index is 3.37. The second-order valence-electron chi connectivity index (χ2n) is 2.40. The minimum absolute atomic E-state index is 0.00124. The van der Waals surface area contributed by atoms with Gasteiger partial charge in [0.15, 0.2) is 0 Å². The van der Waals surface area contributed by atoms with E-state index in [2.05, 4.69) is 20.9 Å². The van der Waals surface area contributed by atoms with Crippen LogP contribution < -0.4 is 0 Å².